The zero-order valence-electron chi connectivity index (χ0n) is 16.3. The standard InChI is InChI=1S/C23H17ClN2O4S/c1-14-5-4-6-16(13-14)26-31(29,30)17-11-9-15(10-12-17)25-21-20(24)22(27)18-7-2-3-8-19(18)23(21)28/h2-13,25-26H,1H3. The fraction of sp³-hybridized carbons (Fsp3) is 0.0435. The third-order valence-electron chi connectivity index (χ3n) is 4.77. The van der Waals surface area contributed by atoms with E-state index in [9.17, 15) is 18.0 Å². The van der Waals surface area contributed by atoms with Crippen molar-refractivity contribution in [1.29, 1.82) is 0 Å². The number of halogens is 1. The molecule has 0 radical (unpaired) electrons. The van der Waals surface area contributed by atoms with Gasteiger partial charge in [-0.15, -0.1) is 0 Å². The summed E-state index contributed by atoms with van der Waals surface area (Å²) < 4.78 is 27.8. The minimum Gasteiger partial charge on any atom is -0.351 e. The number of Topliss-reactive ketones (excluding diaryl/α,β-unsaturated/α-hetero) is 2. The van der Waals surface area contributed by atoms with Crippen molar-refractivity contribution in [3.8, 4) is 0 Å². The van der Waals surface area contributed by atoms with Gasteiger partial charge >= 0.3 is 0 Å². The second-order valence-corrected chi connectivity index (χ2v) is 9.08. The lowest BCUT2D eigenvalue weighted by Crippen LogP contribution is -2.24. The molecule has 1 aliphatic carbocycles. The van der Waals surface area contributed by atoms with Gasteiger partial charge in [0.2, 0.25) is 11.6 Å². The summed E-state index contributed by atoms with van der Waals surface area (Å²) in [7, 11) is -3.79. The van der Waals surface area contributed by atoms with Crippen molar-refractivity contribution in [2.75, 3.05) is 10.0 Å². The fourth-order valence-electron chi connectivity index (χ4n) is 3.24. The Bertz CT molecular complexity index is 1350. The van der Waals surface area contributed by atoms with E-state index < -0.39 is 21.6 Å². The topological polar surface area (TPSA) is 92.3 Å². The van der Waals surface area contributed by atoms with E-state index in [4.69, 9.17) is 11.6 Å². The number of anilines is 2. The third kappa shape index (κ3) is 4.10. The molecule has 0 fully saturated rings. The average Bonchev–Trinajstić information content (AvgIpc) is 2.75. The number of rotatable bonds is 5. The molecule has 0 amide bonds. The van der Waals surface area contributed by atoms with Gasteiger partial charge in [0.1, 0.15) is 10.7 Å². The number of fused-ring (bicyclic) bond motifs is 1. The van der Waals surface area contributed by atoms with E-state index in [1.165, 1.54) is 24.3 Å². The molecule has 31 heavy (non-hydrogen) atoms. The zero-order chi connectivity index (χ0) is 22.2. The summed E-state index contributed by atoms with van der Waals surface area (Å²) in [5, 5.41) is 2.64. The maximum absolute atomic E-state index is 12.8. The zero-order valence-corrected chi connectivity index (χ0v) is 17.9. The van der Waals surface area contributed by atoms with Crippen molar-refractivity contribution in [2.45, 2.75) is 11.8 Å². The largest absolute Gasteiger partial charge is 0.351 e. The van der Waals surface area contributed by atoms with Gasteiger partial charge < -0.3 is 5.32 Å². The summed E-state index contributed by atoms with van der Waals surface area (Å²) in [5.74, 6) is -0.848. The van der Waals surface area contributed by atoms with Gasteiger partial charge in [0.25, 0.3) is 10.0 Å². The van der Waals surface area contributed by atoms with Crippen LogP contribution < -0.4 is 10.0 Å². The Hall–Kier alpha value is -3.42. The third-order valence-corrected chi connectivity index (χ3v) is 6.52. The molecule has 8 heteroatoms. The molecule has 2 N–H and O–H groups in total. The number of carbonyl (C=O) groups excluding carboxylic acids is 2. The molecule has 0 atom stereocenters. The first-order valence-electron chi connectivity index (χ1n) is 9.31. The van der Waals surface area contributed by atoms with Crippen molar-refractivity contribution in [3.05, 3.63) is 100 Å². The quantitative estimate of drug-likeness (QED) is 0.583. The summed E-state index contributed by atoms with van der Waals surface area (Å²) in [6.45, 7) is 1.87. The molecular formula is C23H17ClN2O4S. The van der Waals surface area contributed by atoms with E-state index in [0.717, 1.165) is 5.56 Å². The first-order valence-corrected chi connectivity index (χ1v) is 11.2. The predicted molar refractivity (Wildman–Crippen MR) is 120 cm³/mol. The Kier molecular flexibility index (Phi) is 5.39. The molecule has 3 aromatic carbocycles. The number of hydrogen-bond donors (Lipinski definition) is 2. The van der Waals surface area contributed by atoms with Crippen molar-refractivity contribution < 1.29 is 18.0 Å². The molecule has 0 bridgehead atoms. The van der Waals surface area contributed by atoms with Crippen LogP contribution in [0.15, 0.2) is 88.4 Å². The number of sulfonamides is 1. The minimum absolute atomic E-state index is 0.0427. The van der Waals surface area contributed by atoms with Crippen LogP contribution in [0.5, 0.6) is 0 Å². The van der Waals surface area contributed by atoms with Crippen LogP contribution in [0.3, 0.4) is 0 Å². The van der Waals surface area contributed by atoms with Gasteiger partial charge in [-0.25, -0.2) is 8.42 Å². The van der Waals surface area contributed by atoms with Crippen LogP contribution in [-0.2, 0) is 10.0 Å². The first kappa shape index (κ1) is 20.8. The Labute approximate surface area is 184 Å². The lowest BCUT2D eigenvalue weighted by atomic mass is 9.92. The van der Waals surface area contributed by atoms with Crippen LogP contribution in [0, 0.1) is 6.92 Å². The Balaban J connectivity index is 1.57. The molecule has 0 saturated carbocycles. The summed E-state index contributed by atoms with van der Waals surface area (Å²) in [4.78, 5) is 25.3. The highest BCUT2D eigenvalue weighted by molar-refractivity contribution is 7.92. The molecule has 1 aliphatic rings. The SMILES string of the molecule is Cc1cccc(NS(=O)(=O)c2ccc(NC3=C(Cl)C(=O)c4ccccc4C3=O)cc2)c1. The normalized spacial score (nSPS) is 13.7. The minimum atomic E-state index is -3.79. The van der Waals surface area contributed by atoms with Crippen LogP contribution in [0.2, 0.25) is 0 Å². The molecule has 6 nitrogen and oxygen atoms in total. The summed E-state index contributed by atoms with van der Waals surface area (Å²) >= 11 is 6.15. The van der Waals surface area contributed by atoms with E-state index in [0.29, 0.717) is 11.4 Å². The Morgan fingerprint density at radius 1 is 0.774 bits per heavy atom. The maximum Gasteiger partial charge on any atom is 0.261 e. The number of ketones is 2. The molecule has 0 saturated heterocycles. The van der Waals surface area contributed by atoms with E-state index in [2.05, 4.69) is 10.0 Å². The van der Waals surface area contributed by atoms with Gasteiger partial charge in [0.05, 0.1) is 4.90 Å². The van der Waals surface area contributed by atoms with Crippen molar-refractivity contribution in [3.63, 3.8) is 0 Å². The van der Waals surface area contributed by atoms with Gasteiger partial charge in [-0.2, -0.15) is 0 Å². The van der Waals surface area contributed by atoms with Gasteiger partial charge in [0, 0.05) is 22.5 Å². The summed E-state index contributed by atoms with van der Waals surface area (Å²) in [6.07, 6.45) is 0. The van der Waals surface area contributed by atoms with Gasteiger partial charge in [-0.05, 0) is 48.9 Å². The molecule has 0 aliphatic heterocycles. The number of allylic oxidation sites excluding steroid dienone is 2. The lowest BCUT2D eigenvalue weighted by molar-refractivity contribution is 0.0982. The highest BCUT2D eigenvalue weighted by Crippen LogP contribution is 2.29. The molecule has 4 rings (SSSR count). The second-order valence-electron chi connectivity index (χ2n) is 7.02. The molecule has 0 aromatic heterocycles. The van der Waals surface area contributed by atoms with E-state index in [1.807, 2.05) is 13.0 Å². The highest BCUT2D eigenvalue weighted by Gasteiger charge is 2.31. The lowest BCUT2D eigenvalue weighted by Gasteiger charge is -2.19. The fourth-order valence-corrected chi connectivity index (χ4v) is 4.53. The maximum atomic E-state index is 12.8. The molecule has 3 aromatic rings. The number of hydrogen-bond acceptors (Lipinski definition) is 5. The van der Waals surface area contributed by atoms with Crippen LogP contribution in [0.25, 0.3) is 0 Å². The number of carbonyl (C=O) groups is 2. The van der Waals surface area contributed by atoms with Crippen LogP contribution in [0.4, 0.5) is 11.4 Å². The molecule has 0 heterocycles. The highest BCUT2D eigenvalue weighted by atomic mass is 35.5. The molecule has 156 valence electrons. The van der Waals surface area contributed by atoms with Crippen molar-refractivity contribution in [1.82, 2.24) is 0 Å². The second kappa shape index (κ2) is 8.02. The monoisotopic (exact) mass is 452 g/mol. The van der Waals surface area contributed by atoms with E-state index >= 15 is 0 Å². The van der Waals surface area contributed by atoms with E-state index in [-0.39, 0.29) is 26.8 Å². The smallest absolute Gasteiger partial charge is 0.261 e. The molecule has 0 spiro atoms. The van der Waals surface area contributed by atoms with Crippen LogP contribution in [0.1, 0.15) is 26.3 Å². The van der Waals surface area contributed by atoms with E-state index in [1.54, 1.807) is 42.5 Å². The van der Waals surface area contributed by atoms with Crippen molar-refractivity contribution in [2.24, 2.45) is 0 Å². The average molecular weight is 453 g/mol. The summed E-state index contributed by atoms with van der Waals surface area (Å²) in [6, 6.07) is 19.3. The summed E-state index contributed by atoms with van der Waals surface area (Å²) in [5.41, 5.74) is 2.29. The number of nitrogens with one attached hydrogen (secondary N) is 2. The Morgan fingerprint density at radius 3 is 2.06 bits per heavy atom. The predicted octanol–water partition coefficient (Wildman–Crippen LogP) is 4.74. The van der Waals surface area contributed by atoms with Crippen LogP contribution >= 0.6 is 11.6 Å². The first-order chi connectivity index (χ1) is 14.8. The van der Waals surface area contributed by atoms with Gasteiger partial charge in [-0.3, -0.25) is 14.3 Å². The molecular weight excluding hydrogens is 436 g/mol. The van der Waals surface area contributed by atoms with Crippen molar-refractivity contribution >= 4 is 44.6 Å². The van der Waals surface area contributed by atoms with Gasteiger partial charge in [-0.1, -0.05) is 48.0 Å². The number of benzene rings is 3. The molecule has 0 unspecified atom stereocenters. The van der Waals surface area contributed by atoms with Gasteiger partial charge in [0.15, 0.2) is 0 Å². The van der Waals surface area contributed by atoms with Crippen LogP contribution in [-0.4, -0.2) is 20.0 Å². The number of aryl methyl sites for hydroxylation is 1. The Morgan fingerprint density at radius 2 is 1.42 bits per heavy atom.